The summed E-state index contributed by atoms with van der Waals surface area (Å²) in [4.78, 5) is 22.9. The first-order valence-corrected chi connectivity index (χ1v) is 8.42. The van der Waals surface area contributed by atoms with Gasteiger partial charge in [-0.1, -0.05) is 30.3 Å². The van der Waals surface area contributed by atoms with Crippen LogP contribution < -0.4 is 11.1 Å². The van der Waals surface area contributed by atoms with Crippen LogP contribution in [0.15, 0.2) is 55.1 Å². The van der Waals surface area contributed by atoms with E-state index in [1.165, 1.54) is 6.33 Å². The van der Waals surface area contributed by atoms with Gasteiger partial charge in [0.2, 0.25) is 5.91 Å². The molecule has 1 fully saturated rings. The lowest BCUT2D eigenvalue weighted by Crippen LogP contribution is -2.33. The monoisotopic (exact) mass is 349 g/mol. The fraction of sp³-hybridized carbons (Fsp3) is 0.222. The zero-order chi connectivity index (χ0) is 17.9. The van der Waals surface area contributed by atoms with Crippen LogP contribution >= 0.6 is 0 Å². The van der Waals surface area contributed by atoms with Crippen LogP contribution in [0.2, 0.25) is 0 Å². The first-order valence-electron chi connectivity index (χ1n) is 8.42. The Morgan fingerprint density at radius 2 is 2.04 bits per heavy atom. The summed E-state index contributed by atoms with van der Waals surface area (Å²) in [5.41, 5.74) is 7.66. The number of rotatable bonds is 5. The summed E-state index contributed by atoms with van der Waals surface area (Å²) in [6.07, 6.45) is 5.52. The third-order valence-electron chi connectivity index (χ3n) is 4.41. The normalized spacial score (nSPS) is 16.8. The predicted octanol–water partition coefficient (Wildman–Crippen LogP) is 1.46. The molecule has 1 unspecified atom stereocenters. The minimum Gasteiger partial charge on any atom is -0.393 e. The molecule has 3 N–H and O–H groups in total. The van der Waals surface area contributed by atoms with Gasteiger partial charge in [-0.3, -0.25) is 4.79 Å². The lowest BCUT2D eigenvalue weighted by molar-refractivity contribution is -0.128. The maximum atomic E-state index is 12.7. The number of anilines is 2. The first-order chi connectivity index (χ1) is 12.7. The first kappa shape index (κ1) is 16.1. The number of benzene rings is 1. The SMILES string of the molecule is Nc1c(NC2CCN(Cc3ccccc3)C2=O)ncnc1-n1cccn1. The molecule has 1 aliphatic rings. The molecule has 4 rings (SSSR count). The summed E-state index contributed by atoms with van der Waals surface area (Å²) >= 11 is 0. The molecule has 3 aromatic rings. The molecule has 1 aromatic carbocycles. The van der Waals surface area contributed by atoms with Crippen LogP contribution in [0, 0.1) is 0 Å². The van der Waals surface area contributed by atoms with Gasteiger partial charge in [0.15, 0.2) is 11.6 Å². The zero-order valence-corrected chi connectivity index (χ0v) is 14.1. The summed E-state index contributed by atoms with van der Waals surface area (Å²) in [6.45, 7) is 1.30. The van der Waals surface area contributed by atoms with E-state index in [1.54, 1.807) is 23.1 Å². The number of aromatic nitrogens is 4. The van der Waals surface area contributed by atoms with Crippen LogP contribution in [0.25, 0.3) is 5.82 Å². The van der Waals surface area contributed by atoms with Crippen molar-refractivity contribution in [1.82, 2.24) is 24.6 Å². The molecule has 1 amide bonds. The largest absolute Gasteiger partial charge is 0.393 e. The highest BCUT2D eigenvalue weighted by atomic mass is 16.2. The van der Waals surface area contributed by atoms with E-state index in [4.69, 9.17) is 5.73 Å². The van der Waals surface area contributed by atoms with Crippen molar-refractivity contribution in [2.24, 2.45) is 0 Å². The Morgan fingerprint density at radius 3 is 2.81 bits per heavy atom. The standard InChI is InChI=1S/C18H19N7O/c19-15-16(20-12-21-17(15)25-9-4-8-22-25)23-14-7-10-24(18(14)26)11-13-5-2-1-3-6-13/h1-6,8-9,12,14H,7,10-11,19H2,(H,20,21,23). The molecular weight excluding hydrogens is 330 g/mol. The second-order valence-electron chi connectivity index (χ2n) is 6.14. The molecule has 0 aliphatic carbocycles. The van der Waals surface area contributed by atoms with E-state index in [9.17, 15) is 4.79 Å². The van der Waals surface area contributed by atoms with Gasteiger partial charge in [-0.05, 0) is 18.1 Å². The van der Waals surface area contributed by atoms with Gasteiger partial charge in [-0.2, -0.15) is 5.10 Å². The summed E-state index contributed by atoms with van der Waals surface area (Å²) in [7, 11) is 0. The van der Waals surface area contributed by atoms with E-state index < -0.39 is 0 Å². The van der Waals surface area contributed by atoms with Crippen molar-refractivity contribution < 1.29 is 4.79 Å². The van der Waals surface area contributed by atoms with Crippen molar-refractivity contribution in [3.05, 3.63) is 60.7 Å². The van der Waals surface area contributed by atoms with Gasteiger partial charge in [0.1, 0.15) is 18.1 Å². The number of nitrogen functional groups attached to an aromatic ring is 1. The zero-order valence-electron chi connectivity index (χ0n) is 14.1. The van der Waals surface area contributed by atoms with Crippen LogP contribution in [0.1, 0.15) is 12.0 Å². The highest BCUT2D eigenvalue weighted by molar-refractivity contribution is 5.87. The fourth-order valence-electron chi connectivity index (χ4n) is 3.08. The van der Waals surface area contributed by atoms with Crippen LogP contribution in [-0.2, 0) is 11.3 Å². The van der Waals surface area contributed by atoms with E-state index in [2.05, 4.69) is 20.4 Å². The Bertz CT molecular complexity index is 895. The lowest BCUT2D eigenvalue weighted by atomic mass is 10.2. The Kier molecular flexibility index (Phi) is 4.22. The number of carbonyl (C=O) groups is 1. The molecule has 26 heavy (non-hydrogen) atoms. The van der Waals surface area contributed by atoms with Gasteiger partial charge >= 0.3 is 0 Å². The maximum absolute atomic E-state index is 12.7. The number of nitrogens with zero attached hydrogens (tertiary/aromatic N) is 5. The molecule has 8 heteroatoms. The van der Waals surface area contributed by atoms with Crippen LogP contribution in [0.4, 0.5) is 11.5 Å². The molecule has 1 aliphatic heterocycles. The van der Waals surface area contributed by atoms with E-state index >= 15 is 0 Å². The molecule has 1 saturated heterocycles. The fourth-order valence-corrected chi connectivity index (χ4v) is 3.08. The van der Waals surface area contributed by atoms with Crippen molar-refractivity contribution in [3.8, 4) is 5.82 Å². The van der Waals surface area contributed by atoms with Crippen LogP contribution in [0.5, 0.6) is 0 Å². The van der Waals surface area contributed by atoms with E-state index in [0.29, 0.717) is 36.8 Å². The smallest absolute Gasteiger partial charge is 0.245 e. The molecule has 1 atom stereocenters. The predicted molar refractivity (Wildman–Crippen MR) is 97.5 cm³/mol. The third-order valence-corrected chi connectivity index (χ3v) is 4.41. The molecule has 8 nitrogen and oxygen atoms in total. The van der Waals surface area contributed by atoms with Crippen molar-refractivity contribution in [2.75, 3.05) is 17.6 Å². The van der Waals surface area contributed by atoms with E-state index in [-0.39, 0.29) is 11.9 Å². The van der Waals surface area contributed by atoms with Gasteiger partial charge in [0.25, 0.3) is 0 Å². The molecule has 0 spiro atoms. The van der Waals surface area contributed by atoms with Crippen LogP contribution in [-0.4, -0.2) is 43.1 Å². The summed E-state index contributed by atoms with van der Waals surface area (Å²) in [5.74, 6) is 0.983. The second kappa shape index (κ2) is 6.83. The Morgan fingerprint density at radius 1 is 1.19 bits per heavy atom. The number of carbonyl (C=O) groups excluding carboxylic acids is 1. The molecule has 2 aromatic heterocycles. The topological polar surface area (TPSA) is 102 Å². The number of likely N-dealkylation sites (tertiary alicyclic amines) is 1. The van der Waals surface area contributed by atoms with Crippen molar-refractivity contribution >= 4 is 17.4 Å². The number of nitrogens with one attached hydrogen (secondary N) is 1. The molecule has 132 valence electrons. The molecule has 0 saturated carbocycles. The number of nitrogens with two attached hydrogens (primary N) is 1. The molecule has 0 radical (unpaired) electrons. The highest BCUT2D eigenvalue weighted by Gasteiger charge is 2.32. The maximum Gasteiger partial charge on any atom is 0.245 e. The third kappa shape index (κ3) is 3.08. The van der Waals surface area contributed by atoms with Gasteiger partial charge in [-0.25, -0.2) is 14.6 Å². The number of hydrogen-bond donors (Lipinski definition) is 2. The Balaban J connectivity index is 1.48. The Labute approximate surface area is 150 Å². The molecule has 3 heterocycles. The average molecular weight is 349 g/mol. The number of amides is 1. The molecular formula is C18H19N7O. The quantitative estimate of drug-likeness (QED) is 0.723. The van der Waals surface area contributed by atoms with Crippen molar-refractivity contribution in [1.29, 1.82) is 0 Å². The Hall–Kier alpha value is -3.42. The van der Waals surface area contributed by atoms with Gasteiger partial charge in [-0.15, -0.1) is 0 Å². The van der Waals surface area contributed by atoms with E-state index in [0.717, 1.165) is 5.56 Å². The van der Waals surface area contributed by atoms with Crippen molar-refractivity contribution in [2.45, 2.75) is 19.0 Å². The van der Waals surface area contributed by atoms with Gasteiger partial charge < -0.3 is 16.0 Å². The molecule has 0 bridgehead atoms. The van der Waals surface area contributed by atoms with Gasteiger partial charge in [0, 0.05) is 25.5 Å². The van der Waals surface area contributed by atoms with Crippen molar-refractivity contribution in [3.63, 3.8) is 0 Å². The lowest BCUT2D eigenvalue weighted by Gasteiger charge is -2.18. The summed E-state index contributed by atoms with van der Waals surface area (Å²) < 4.78 is 1.57. The van der Waals surface area contributed by atoms with Gasteiger partial charge in [0.05, 0.1) is 0 Å². The summed E-state index contributed by atoms with van der Waals surface area (Å²) in [5, 5.41) is 7.31. The van der Waals surface area contributed by atoms with Crippen LogP contribution in [0.3, 0.4) is 0 Å². The average Bonchev–Trinajstić information content (AvgIpc) is 3.30. The van der Waals surface area contributed by atoms with E-state index in [1.807, 2.05) is 35.2 Å². The highest BCUT2D eigenvalue weighted by Crippen LogP contribution is 2.24. The number of hydrogen-bond acceptors (Lipinski definition) is 6. The minimum atomic E-state index is -0.346. The second-order valence-corrected chi connectivity index (χ2v) is 6.14. The summed E-state index contributed by atoms with van der Waals surface area (Å²) in [6, 6.07) is 11.4. The minimum absolute atomic E-state index is 0.0486.